The molecule has 1 fully saturated rings. The third-order valence-electron chi connectivity index (χ3n) is 4.78. The van der Waals surface area contributed by atoms with Gasteiger partial charge in [-0.2, -0.15) is 4.31 Å². The van der Waals surface area contributed by atoms with Crippen molar-refractivity contribution in [2.24, 2.45) is 0 Å². The highest BCUT2D eigenvalue weighted by molar-refractivity contribution is 7.89. The fourth-order valence-corrected chi connectivity index (χ4v) is 4.86. The third kappa shape index (κ3) is 4.36. The topological polar surface area (TPSA) is 104 Å². The first-order valence-electron chi connectivity index (χ1n) is 9.03. The van der Waals surface area contributed by atoms with Crippen LogP contribution >= 0.6 is 0 Å². The largest absolute Gasteiger partial charge is 0.325 e. The summed E-state index contributed by atoms with van der Waals surface area (Å²) in [6.45, 7) is 2.27. The molecule has 0 spiro atoms. The van der Waals surface area contributed by atoms with Gasteiger partial charge in [-0.05, 0) is 36.1 Å². The van der Waals surface area contributed by atoms with Crippen LogP contribution in [-0.2, 0) is 37.4 Å². The first-order valence-corrected chi connectivity index (χ1v) is 10.6. The van der Waals surface area contributed by atoms with Crippen molar-refractivity contribution in [3.05, 3.63) is 29.3 Å². The third-order valence-corrected chi connectivity index (χ3v) is 6.80. The molecule has 0 bridgehead atoms. The highest BCUT2D eigenvalue weighted by Gasteiger charge is 2.30. The lowest BCUT2D eigenvalue weighted by atomic mass is 10.0. The molecule has 1 aromatic carbocycles. The summed E-state index contributed by atoms with van der Waals surface area (Å²) in [7, 11) is -3.28. The van der Waals surface area contributed by atoms with Gasteiger partial charge in [0.1, 0.15) is 6.54 Å². The molecule has 2 heterocycles. The molecule has 2 aliphatic rings. The number of amides is 3. The van der Waals surface area contributed by atoms with Gasteiger partial charge >= 0.3 is 0 Å². The van der Waals surface area contributed by atoms with Gasteiger partial charge in [0.2, 0.25) is 27.7 Å². The molecule has 2 aliphatic heterocycles. The van der Waals surface area contributed by atoms with Crippen molar-refractivity contribution < 1.29 is 22.8 Å². The summed E-state index contributed by atoms with van der Waals surface area (Å²) in [6.07, 6.45) is 1.49. The van der Waals surface area contributed by atoms with E-state index in [0.717, 1.165) is 16.0 Å². The molecular formula is C18H23N3O5S. The summed E-state index contributed by atoms with van der Waals surface area (Å²) in [4.78, 5) is 36.4. The van der Waals surface area contributed by atoms with Crippen LogP contribution in [0, 0.1) is 0 Å². The van der Waals surface area contributed by atoms with Crippen molar-refractivity contribution in [2.75, 3.05) is 24.2 Å². The van der Waals surface area contributed by atoms with Crippen LogP contribution in [0.5, 0.6) is 0 Å². The maximum atomic E-state index is 12.3. The van der Waals surface area contributed by atoms with Gasteiger partial charge in [-0.3, -0.25) is 19.3 Å². The van der Waals surface area contributed by atoms with E-state index in [1.54, 1.807) is 12.1 Å². The molecule has 146 valence electrons. The SMILES string of the molecule is CCCS(=O)(=O)N1CCc2ccc(NC(=O)CN3C(=O)CCC3=O)cc2C1. The van der Waals surface area contributed by atoms with E-state index in [9.17, 15) is 22.8 Å². The molecule has 0 saturated carbocycles. The standard InChI is InChI=1S/C18H23N3O5S/c1-2-9-27(25,26)20-8-7-13-3-4-15(10-14(13)11-20)19-16(22)12-21-17(23)5-6-18(21)24/h3-4,10H,2,5-9,11-12H2,1H3,(H,19,22). The van der Waals surface area contributed by atoms with E-state index >= 15 is 0 Å². The molecular weight excluding hydrogens is 370 g/mol. The minimum Gasteiger partial charge on any atom is -0.325 e. The first-order chi connectivity index (χ1) is 12.8. The van der Waals surface area contributed by atoms with Gasteiger partial charge in [-0.25, -0.2) is 8.42 Å². The van der Waals surface area contributed by atoms with Crippen molar-refractivity contribution in [1.82, 2.24) is 9.21 Å². The van der Waals surface area contributed by atoms with Gasteiger partial charge in [0.05, 0.1) is 5.75 Å². The summed E-state index contributed by atoms with van der Waals surface area (Å²) < 4.78 is 26.1. The number of nitrogens with one attached hydrogen (secondary N) is 1. The fourth-order valence-electron chi connectivity index (χ4n) is 3.38. The second kappa shape index (κ2) is 7.77. The molecule has 27 heavy (non-hydrogen) atoms. The van der Waals surface area contributed by atoms with Gasteiger partial charge in [0.25, 0.3) is 0 Å². The highest BCUT2D eigenvalue weighted by Crippen LogP contribution is 2.25. The molecule has 0 aliphatic carbocycles. The molecule has 0 radical (unpaired) electrons. The van der Waals surface area contributed by atoms with Crippen LogP contribution in [0.1, 0.15) is 37.3 Å². The summed E-state index contributed by atoms with van der Waals surface area (Å²) in [5.41, 5.74) is 2.43. The van der Waals surface area contributed by atoms with Gasteiger partial charge < -0.3 is 5.32 Å². The molecule has 1 N–H and O–H groups in total. The Morgan fingerprint density at radius 3 is 2.48 bits per heavy atom. The van der Waals surface area contributed by atoms with Gasteiger partial charge in [-0.1, -0.05) is 13.0 Å². The zero-order valence-corrected chi connectivity index (χ0v) is 16.0. The Morgan fingerprint density at radius 1 is 1.11 bits per heavy atom. The summed E-state index contributed by atoms with van der Waals surface area (Å²) in [6, 6.07) is 5.38. The van der Waals surface area contributed by atoms with Crippen molar-refractivity contribution in [1.29, 1.82) is 0 Å². The molecule has 0 aromatic heterocycles. The molecule has 3 rings (SSSR count). The lowest BCUT2D eigenvalue weighted by Crippen LogP contribution is -2.38. The average Bonchev–Trinajstić information content (AvgIpc) is 2.93. The van der Waals surface area contributed by atoms with Crippen LogP contribution in [0.3, 0.4) is 0 Å². The van der Waals surface area contributed by atoms with Crippen molar-refractivity contribution in [2.45, 2.75) is 39.2 Å². The summed E-state index contributed by atoms with van der Waals surface area (Å²) in [5, 5.41) is 2.69. The van der Waals surface area contributed by atoms with E-state index in [-0.39, 0.29) is 43.5 Å². The minimum absolute atomic E-state index is 0.122. The number of carbonyl (C=O) groups is 3. The van der Waals surface area contributed by atoms with Crippen LogP contribution < -0.4 is 5.32 Å². The highest BCUT2D eigenvalue weighted by atomic mass is 32.2. The number of hydrogen-bond acceptors (Lipinski definition) is 5. The fraction of sp³-hybridized carbons (Fsp3) is 0.500. The number of benzene rings is 1. The van der Waals surface area contributed by atoms with Crippen molar-refractivity contribution in [3.63, 3.8) is 0 Å². The monoisotopic (exact) mass is 393 g/mol. The minimum atomic E-state index is -3.28. The molecule has 3 amide bonds. The van der Waals surface area contributed by atoms with Crippen molar-refractivity contribution in [3.8, 4) is 0 Å². The predicted molar refractivity (Wildman–Crippen MR) is 99.2 cm³/mol. The molecule has 1 aromatic rings. The van der Waals surface area contributed by atoms with Crippen LogP contribution in [0.4, 0.5) is 5.69 Å². The number of nitrogens with zero attached hydrogens (tertiary/aromatic N) is 2. The van der Waals surface area contributed by atoms with Crippen LogP contribution in [0.2, 0.25) is 0 Å². The number of likely N-dealkylation sites (tertiary alicyclic amines) is 1. The van der Waals surface area contributed by atoms with E-state index in [4.69, 9.17) is 0 Å². The lowest BCUT2D eigenvalue weighted by molar-refractivity contribution is -0.141. The summed E-state index contributed by atoms with van der Waals surface area (Å²) in [5.74, 6) is -1.00. The van der Waals surface area contributed by atoms with Crippen LogP contribution in [0.25, 0.3) is 0 Å². The van der Waals surface area contributed by atoms with Gasteiger partial charge in [-0.15, -0.1) is 0 Å². The van der Waals surface area contributed by atoms with Gasteiger partial charge in [0.15, 0.2) is 0 Å². The Balaban J connectivity index is 1.68. The number of imide groups is 1. The van der Waals surface area contributed by atoms with Gasteiger partial charge in [0, 0.05) is 31.6 Å². The maximum Gasteiger partial charge on any atom is 0.244 e. The number of hydrogen-bond donors (Lipinski definition) is 1. The number of sulfonamides is 1. The second-order valence-electron chi connectivity index (χ2n) is 6.80. The van der Waals surface area contributed by atoms with Crippen LogP contribution in [0.15, 0.2) is 18.2 Å². The van der Waals surface area contributed by atoms with E-state index < -0.39 is 15.9 Å². The van der Waals surface area contributed by atoms with E-state index in [1.807, 2.05) is 13.0 Å². The lowest BCUT2D eigenvalue weighted by Gasteiger charge is -2.28. The first kappa shape index (κ1) is 19.5. The molecule has 9 heteroatoms. The zero-order valence-electron chi connectivity index (χ0n) is 15.2. The number of fused-ring (bicyclic) bond motifs is 1. The number of carbonyl (C=O) groups excluding carboxylic acids is 3. The smallest absolute Gasteiger partial charge is 0.244 e. The van der Waals surface area contributed by atoms with E-state index in [2.05, 4.69) is 5.32 Å². The Kier molecular flexibility index (Phi) is 5.61. The normalized spacial score (nSPS) is 17.9. The molecule has 0 unspecified atom stereocenters. The second-order valence-corrected chi connectivity index (χ2v) is 8.89. The number of anilines is 1. The zero-order chi connectivity index (χ0) is 19.6. The predicted octanol–water partition coefficient (Wildman–Crippen LogP) is 0.872. The van der Waals surface area contributed by atoms with E-state index in [1.165, 1.54) is 4.31 Å². The van der Waals surface area contributed by atoms with E-state index in [0.29, 0.717) is 25.1 Å². The number of rotatable bonds is 6. The Morgan fingerprint density at radius 2 is 1.81 bits per heavy atom. The quantitative estimate of drug-likeness (QED) is 0.723. The maximum absolute atomic E-state index is 12.3. The molecule has 0 atom stereocenters. The Labute approximate surface area is 158 Å². The summed E-state index contributed by atoms with van der Waals surface area (Å²) >= 11 is 0. The van der Waals surface area contributed by atoms with Crippen LogP contribution in [-0.4, -0.2) is 54.2 Å². The molecule has 1 saturated heterocycles. The molecule has 8 nitrogen and oxygen atoms in total. The van der Waals surface area contributed by atoms with Crippen molar-refractivity contribution >= 4 is 33.4 Å². The Hall–Kier alpha value is -2.26. The average molecular weight is 393 g/mol. The Bertz CT molecular complexity index is 865.